The van der Waals surface area contributed by atoms with E-state index in [4.69, 9.17) is 17.3 Å². The molecule has 20 heavy (non-hydrogen) atoms. The van der Waals surface area contributed by atoms with Crippen LogP contribution in [0.5, 0.6) is 0 Å². The summed E-state index contributed by atoms with van der Waals surface area (Å²) in [6.45, 7) is 3.82. The highest BCUT2D eigenvalue weighted by Gasteiger charge is 2.20. The van der Waals surface area contributed by atoms with Gasteiger partial charge in [-0.3, -0.25) is 0 Å². The largest absolute Gasteiger partial charge is 0.362 e. The third-order valence-corrected chi connectivity index (χ3v) is 4.69. The van der Waals surface area contributed by atoms with Crippen molar-refractivity contribution in [3.63, 3.8) is 0 Å². The maximum Gasteiger partial charge on any atom is 0.0932 e. The Bertz CT molecular complexity index is 512. The Hall–Kier alpha value is -1.03. The second kappa shape index (κ2) is 7.67. The molecule has 2 rings (SSSR count). The summed E-state index contributed by atoms with van der Waals surface area (Å²) in [5, 5.41) is 0. The Morgan fingerprint density at radius 2 is 1.95 bits per heavy atom. The van der Waals surface area contributed by atoms with Crippen LogP contribution in [0.4, 0.5) is 5.69 Å². The number of benzene rings is 1. The molecule has 2 nitrogen and oxygen atoms in total. The van der Waals surface area contributed by atoms with Crippen LogP contribution < -0.4 is 10.6 Å². The van der Waals surface area contributed by atoms with E-state index < -0.39 is 0 Å². The zero-order valence-electron chi connectivity index (χ0n) is 11.8. The third-order valence-electron chi connectivity index (χ3n) is 3.36. The van der Waals surface area contributed by atoms with Crippen LogP contribution in [0.25, 0.3) is 0 Å². The number of anilines is 1. The van der Waals surface area contributed by atoms with Gasteiger partial charge >= 0.3 is 0 Å². The second-order valence-electron chi connectivity index (χ2n) is 4.78. The van der Waals surface area contributed by atoms with Crippen molar-refractivity contribution in [3.8, 4) is 0 Å². The number of rotatable bonds is 7. The summed E-state index contributed by atoms with van der Waals surface area (Å²) in [5.74, 6) is 0. The van der Waals surface area contributed by atoms with E-state index in [-0.39, 0.29) is 6.04 Å². The average Bonchev–Trinajstić information content (AvgIpc) is 2.90. The number of hydrogen-bond acceptors (Lipinski definition) is 3. The number of unbranched alkanes of at least 4 members (excludes halogenated alkanes) is 1. The molecule has 0 fully saturated rings. The van der Waals surface area contributed by atoms with E-state index in [1.54, 1.807) is 11.3 Å². The molecule has 1 unspecified atom stereocenters. The van der Waals surface area contributed by atoms with Crippen molar-refractivity contribution in [2.24, 2.45) is 5.73 Å². The lowest BCUT2D eigenvalue weighted by Gasteiger charge is -2.32. The molecule has 1 atom stereocenters. The fraction of sp³-hybridized carbons (Fsp3) is 0.375. The van der Waals surface area contributed by atoms with Gasteiger partial charge in [0.05, 0.1) is 10.4 Å². The fourth-order valence-electron chi connectivity index (χ4n) is 2.32. The number of halogens is 1. The summed E-state index contributed by atoms with van der Waals surface area (Å²) >= 11 is 7.70. The van der Waals surface area contributed by atoms with Gasteiger partial charge in [0, 0.05) is 23.7 Å². The lowest BCUT2D eigenvalue weighted by atomic mass is 10.1. The SMILES string of the molecule is CCCCN(c1ccccc1)C(CN)c1ccc(Cl)s1. The molecular weight excluding hydrogens is 288 g/mol. The van der Waals surface area contributed by atoms with Crippen molar-refractivity contribution < 1.29 is 0 Å². The van der Waals surface area contributed by atoms with Gasteiger partial charge in [0.15, 0.2) is 0 Å². The Labute approximate surface area is 130 Å². The standard InChI is InChI=1S/C16H21ClN2S/c1-2-3-11-19(13-7-5-4-6-8-13)14(12-18)15-9-10-16(17)20-15/h4-10,14H,2-3,11-12,18H2,1H3. The lowest BCUT2D eigenvalue weighted by Crippen LogP contribution is -2.34. The molecular formula is C16H21ClN2S. The van der Waals surface area contributed by atoms with Gasteiger partial charge in [-0.25, -0.2) is 0 Å². The summed E-state index contributed by atoms with van der Waals surface area (Å²) in [4.78, 5) is 3.63. The molecule has 0 aliphatic rings. The van der Waals surface area contributed by atoms with Crippen LogP contribution in [-0.2, 0) is 0 Å². The summed E-state index contributed by atoms with van der Waals surface area (Å²) in [7, 11) is 0. The van der Waals surface area contributed by atoms with Crippen LogP contribution in [0.15, 0.2) is 42.5 Å². The molecule has 0 amide bonds. The fourth-order valence-corrected chi connectivity index (χ4v) is 3.50. The second-order valence-corrected chi connectivity index (χ2v) is 6.52. The smallest absolute Gasteiger partial charge is 0.0932 e. The summed E-state index contributed by atoms with van der Waals surface area (Å²) in [6.07, 6.45) is 2.33. The van der Waals surface area contributed by atoms with Crippen LogP contribution >= 0.6 is 22.9 Å². The molecule has 0 spiro atoms. The first kappa shape index (κ1) is 15.4. The Kier molecular flexibility index (Phi) is 5.89. The third kappa shape index (κ3) is 3.75. The topological polar surface area (TPSA) is 29.3 Å². The zero-order valence-corrected chi connectivity index (χ0v) is 13.3. The van der Waals surface area contributed by atoms with Crippen LogP contribution in [-0.4, -0.2) is 13.1 Å². The maximum absolute atomic E-state index is 6.08. The summed E-state index contributed by atoms with van der Waals surface area (Å²) in [5.41, 5.74) is 7.27. The van der Waals surface area contributed by atoms with E-state index in [0.29, 0.717) is 6.54 Å². The highest BCUT2D eigenvalue weighted by Crippen LogP contribution is 2.33. The van der Waals surface area contributed by atoms with Crippen LogP contribution in [0.2, 0.25) is 4.34 Å². The lowest BCUT2D eigenvalue weighted by molar-refractivity contribution is 0.612. The van der Waals surface area contributed by atoms with Gasteiger partial charge in [-0.1, -0.05) is 43.1 Å². The van der Waals surface area contributed by atoms with E-state index >= 15 is 0 Å². The molecule has 0 aliphatic carbocycles. The number of nitrogens with two attached hydrogens (primary N) is 1. The monoisotopic (exact) mass is 308 g/mol. The average molecular weight is 309 g/mol. The van der Waals surface area contributed by atoms with Crippen molar-refractivity contribution in [2.45, 2.75) is 25.8 Å². The van der Waals surface area contributed by atoms with Crippen molar-refractivity contribution in [1.82, 2.24) is 0 Å². The molecule has 0 bridgehead atoms. The minimum Gasteiger partial charge on any atom is -0.362 e. The predicted molar refractivity (Wildman–Crippen MR) is 89.8 cm³/mol. The van der Waals surface area contributed by atoms with Gasteiger partial charge in [-0.2, -0.15) is 0 Å². The number of para-hydroxylation sites is 1. The maximum atomic E-state index is 6.08. The molecule has 1 aromatic carbocycles. The van der Waals surface area contributed by atoms with Crippen molar-refractivity contribution in [3.05, 3.63) is 51.7 Å². The van der Waals surface area contributed by atoms with Crippen molar-refractivity contribution in [1.29, 1.82) is 0 Å². The van der Waals surface area contributed by atoms with Crippen LogP contribution in [0.3, 0.4) is 0 Å². The first-order valence-electron chi connectivity index (χ1n) is 7.03. The number of thiophene rings is 1. The molecule has 0 radical (unpaired) electrons. The number of hydrogen-bond donors (Lipinski definition) is 1. The van der Waals surface area contributed by atoms with Crippen LogP contribution in [0, 0.1) is 0 Å². The van der Waals surface area contributed by atoms with E-state index in [1.165, 1.54) is 17.0 Å². The van der Waals surface area contributed by atoms with E-state index in [1.807, 2.05) is 12.1 Å². The summed E-state index contributed by atoms with van der Waals surface area (Å²) < 4.78 is 0.821. The molecule has 2 aromatic rings. The number of nitrogens with zero attached hydrogens (tertiary/aromatic N) is 1. The normalized spacial score (nSPS) is 12.3. The van der Waals surface area contributed by atoms with Gasteiger partial charge in [-0.05, 0) is 30.7 Å². The van der Waals surface area contributed by atoms with Gasteiger partial charge in [-0.15, -0.1) is 11.3 Å². The summed E-state index contributed by atoms with van der Waals surface area (Å²) in [6, 6.07) is 14.7. The molecule has 0 saturated heterocycles. The Morgan fingerprint density at radius 3 is 2.50 bits per heavy atom. The van der Waals surface area contributed by atoms with Gasteiger partial charge in [0.2, 0.25) is 0 Å². The zero-order chi connectivity index (χ0) is 14.4. The first-order chi connectivity index (χ1) is 9.76. The van der Waals surface area contributed by atoms with E-state index in [0.717, 1.165) is 17.3 Å². The minimum absolute atomic E-state index is 0.196. The molecule has 4 heteroatoms. The highest BCUT2D eigenvalue weighted by atomic mass is 35.5. The molecule has 108 valence electrons. The first-order valence-corrected chi connectivity index (χ1v) is 8.22. The highest BCUT2D eigenvalue weighted by molar-refractivity contribution is 7.16. The molecule has 1 aromatic heterocycles. The van der Waals surface area contributed by atoms with Crippen molar-refractivity contribution >= 4 is 28.6 Å². The Balaban J connectivity index is 2.28. The molecule has 1 heterocycles. The molecule has 0 saturated carbocycles. The van der Waals surface area contributed by atoms with Crippen LogP contribution in [0.1, 0.15) is 30.7 Å². The van der Waals surface area contributed by atoms with Gasteiger partial charge in [0.1, 0.15) is 0 Å². The van der Waals surface area contributed by atoms with Crippen molar-refractivity contribution in [2.75, 3.05) is 18.0 Å². The predicted octanol–water partition coefficient (Wildman–Crippen LogP) is 4.71. The van der Waals surface area contributed by atoms with E-state index in [2.05, 4.69) is 42.2 Å². The van der Waals surface area contributed by atoms with Gasteiger partial charge < -0.3 is 10.6 Å². The molecule has 0 aliphatic heterocycles. The van der Waals surface area contributed by atoms with E-state index in [9.17, 15) is 0 Å². The Morgan fingerprint density at radius 1 is 1.20 bits per heavy atom. The molecule has 2 N–H and O–H groups in total. The minimum atomic E-state index is 0.196. The quantitative estimate of drug-likeness (QED) is 0.802. The van der Waals surface area contributed by atoms with Gasteiger partial charge in [0.25, 0.3) is 0 Å².